The van der Waals surface area contributed by atoms with Crippen LogP contribution in [0.1, 0.15) is 34.6 Å². The first-order valence-electron chi connectivity index (χ1n) is 7.36. The summed E-state index contributed by atoms with van der Waals surface area (Å²) >= 11 is 0. The van der Waals surface area contributed by atoms with Crippen LogP contribution in [-0.2, 0) is 16.6 Å². The zero-order valence-electron chi connectivity index (χ0n) is 13.3. The molecule has 1 aliphatic rings. The van der Waals surface area contributed by atoms with Gasteiger partial charge in [0.1, 0.15) is 5.82 Å². The molecule has 1 aliphatic heterocycles. The Morgan fingerprint density at radius 1 is 1.33 bits per heavy atom. The normalized spacial score (nSPS) is 20.4. The van der Waals surface area contributed by atoms with Crippen molar-refractivity contribution in [3.05, 3.63) is 35.1 Å². The fraction of sp³-hybridized carbons (Fsp3) is 0.600. The highest BCUT2D eigenvalue weighted by Crippen LogP contribution is 2.25. The fourth-order valence-electron chi connectivity index (χ4n) is 2.05. The summed E-state index contributed by atoms with van der Waals surface area (Å²) in [4.78, 5) is 1.70. The lowest BCUT2D eigenvalue weighted by Gasteiger charge is -2.27. The highest BCUT2D eigenvalue weighted by atomic mass is 19.1. The molecule has 2 nitrogen and oxygen atoms in total. The van der Waals surface area contributed by atoms with Crippen molar-refractivity contribution in [3.8, 4) is 0 Å². The molecule has 0 radical (unpaired) electrons. The van der Waals surface area contributed by atoms with Gasteiger partial charge in [-0.1, -0.05) is 32.9 Å². The standard InChI is InChI=1S/C15H22FNO/c1-15(2,3)13-5-4-12(10-14(13)16)11-17-6-8-18-9-7-17/h4-5,10H,6-9,11H2,1-3H3/i11D2. The average molecular weight is 253 g/mol. The molecule has 1 aromatic rings. The van der Waals surface area contributed by atoms with Gasteiger partial charge in [0.2, 0.25) is 0 Å². The Labute approximate surface area is 112 Å². The smallest absolute Gasteiger partial charge is 0.127 e. The molecule has 18 heavy (non-hydrogen) atoms. The Morgan fingerprint density at radius 3 is 2.56 bits per heavy atom. The van der Waals surface area contributed by atoms with Crippen molar-refractivity contribution in [3.63, 3.8) is 0 Å². The van der Waals surface area contributed by atoms with Gasteiger partial charge in [0.25, 0.3) is 0 Å². The number of hydrogen-bond donors (Lipinski definition) is 0. The Balaban J connectivity index is 2.30. The second kappa shape index (κ2) is 5.37. The molecule has 0 amide bonds. The highest BCUT2D eigenvalue weighted by molar-refractivity contribution is 5.29. The Kier molecular flexibility index (Phi) is 3.26. The van der Waals surface area contributed by atoms with Crippen molar-refractivity contribution in [1.29, 1.82) is 0 Å². The Hall–Kier alpha value is -0.930. The third-order valence-corrected chi connectivity index (χ3v) is 3.08. The van der Waals surface area contributed by atoms with Gasteiger partial charge in [0.05, 0.1) is 13.2 Å². The minimum Gasteiger partial charge on any atom is -0.379 e. The van der Waals surface area contributed by atoms with Gasteiger partial charge < -0.3 is 4.74 Å². The van der Waals surface area contributed by atoms with Crippen LogP contribution in [0.2, 0.25) is 0 Å². The first kappa shape index (κ1) is 10.9. The predicted octanol–water partition coefficient (Wildman–Crippen LogP) is 2.96. The average Bonchev–Trinajstić information content (AvgIpc) is 2.38. The summed E-state index contributed by atoms with van der Waals surface area (Å²) < 4.78 is 36.0. The Morgan fingerprint density at radius 2 is 2.00 bits per heavy atom. The van der Waals surface area contributed by atoms with Crippen LogP contribution in [0.15, 0.2) is 18.2 Å². The van der Waals surface area contributed by atoms with Gasteiger partial charge in [-0.05, 0) is 22.6 Å². The molecule has 2 rings (SSSR count). The van der Waals surface area contributed by atoms with E-state index in [1.807, 2.05) is 20.8 Å². The number of ether oxygens (including phenoxy) is 1. The van der Waals surface area contributed by atoms with Crippen LogP contribution in [0, 0.1) is 5.82 Å². The first-order valence-corrected chi connectivity index (χ1v) is 6.36. The molecular formula is C15H22FNO. The van der Waals surface area contributed by atoms with Crippen LogP contribution >= 0.6 is 0 Å². The van der Waals surface area contributed by atoms with E-state index in [2.05, 4.69) is 0 Å². The topological polar surface area (TPSA) is 12.5 Å². The predicted molar refractivity (Wildman–Crippen MR) is 71.2 cm³/mol. The summed E-state index contributed by atoms with van der Waals surface area (Å²) in [6.45, 7) is 6.25. The number of morpholine rings is 1. The molecule has 0 aromatic heterocycles. The van der Waals surface area contributed by atoms with E-state index in [9.17, 15) is 4.39 Å². The summed E-state index contributed by atoms with van der Waals surface area (Å²) in [6.07, 6.45) is 0. The molecular weight excluding hydrogens is 229 g/mol. The molecule has 1 aromatic carbocycles. The van der Waals surface area contributed by atoms with E-state index in [1.165, 1.54) is 6.07 Å². The lowest BCUT2D eigenvalue weighted by molar-refractivity contribution is 0.0341. The molecule has 0 N–H and O–H groups in total. The summed E-state index contributed by atoms with van der Waals surface area (Å²) in [7, 11) is 0. The van der Waals surface area contributed by atoms with Gasteiger partial charge in [0.15, 0.2) is 0 Å². The van der Waals surface area contributed by atoms with Crippen molar-refractivity contribution >= 4 is 0 Å². The van der Waals surface area contributed by atoms with Crippen molar-refractivity contribution in [2.45, 2.75) is 32.7 Å². The van der Waals surface area contributed by atoms with Crippen LogP contribution in [0.3, 0.4) is 0 Å². The largest absolute Gasteiger partial charge is 0.379 e. The van der Waals surface area contributed by atoms with Crippen molar-refractivity contribution in [2.75, 3.05) is 26.3 Å². The number of hydrogen-bond acceptors (Lipinski definition) is 2. The molecule has 0 spiro atoms. The number of halogens is 1. The van der Waals surface area contributed by atoms with Crippen LogP contribution in [0.5, 0.6) is 0 Å². The maximum absolute atomic E-state index is 14.2. The quantitative estimate of drug-likeness (QED) is 0.803. The van der Waals surface area contributed by atoms with Gasteiger partial charge in [-0.25, -0.2) is 4.39 Å². The van der Waals surface area contributed by atoms with E-state index in [0.29, 0.717) is 37.4 Å². The van der Waals surface area contributed by atoms with E-state index >= 15 is 0 Å². The summed E-state index contributed by atoms with van der Waals surface area (Å²) in [5.41, 5.74) is 0.692. The van der Waals surface area contributed by atoms with E-state index in [0.717, 1.165) is 0 Å². The van der Waals surface area contributed by atoms with Crippen LogP contribution in [-0.4, -0.2) is 31.2 Å². The van der Waals surface area contributed by atoms with E-state index in [1.54, 1.807) is 17.0 Å². The molecule has 1 heterocycles. The van der Waals surface area contributed by atoms with Crippen molar-refractivity contribution in [2.24, 2.45) is 0 Å². The van der Waals surface area contributed by atoms with Gasteiger partial charge >= 0.3 is 0 Å². The molecule has 1 fully saturated rings. The third kappa shape index (κ3) is 3.30. The van der Waals surface area contributed by atoms with Crippen LogP contribution in [0.4, 0.5) is 4.39 Å². The minimum absolute atomic E-state index is 0.283. The number of nitrogens with zero attached hydrogens (tertiary/aromatic N) is 1. The zero-order valence-corrected chi connectivity index (χ0v) is 11.3. The molecule has 1 saturated heterocycles. The number of benzene rings is 1. The SMILES string of the molecule is [2H]C([2H])(c1ccc(C(C)(C)C)c(F)c1)N1CCOCC1. The second-order valence-electron chi connectivity index (χ2n) is 5.66. The Bertz CT molecular complexity index is 479. The number of rotatable bonds is 2. The fourth-order valence-corrected chi connectivity index (χ4v) is 2.05. The maximum Gasteiger partial charge on any atom is 0.127 e. The zero-order chi connectivity index (χ0) is 15.0. The molecule has 0 saturated carbocycles. The molecule has 100 valence electrons. The first-order chi connectivity index (χ1) is 9.23. The lowest BCUT2D eigenvalue weighted by Crippen LogP contribution is -2.35. The third-order valence-electron chi connectivity index (χ3n) is 3.08. The molecule has 0 atom stereocenters. The second-order valence-corrected chi connectivity index (χ2v) is 5.66. The van der Waals surface area contributed by atoms with Gasteiger partial charge in [0, 0.05) is 22.3 Å². The minimum atomic E-state index is -1.67. The monoisotopic (exact) mass is 253 g/mol. The van der Waals surface area contributed by atoms with E-state index in [4.69, 9.17) is 7.48 Å². The van der Waals surface area contributed by atoms with Crippen molar-refractivity contribution in [1.82, 2.24) is 4.90 Å². The van der Waals surface area contributed by atoms with Gasteiger partial charge in [-0.2, -0.15) is 0 Å². The summed E-state index contributed by atoms with van der Waals surface area (Å²) in [6, 6.07) is 4.72. The molecule has 0 bridgehead atoms. The highest BCUT2D eigenvalue weighted by Gasteiger charge is 2.19. The van der Waals surface area contributed by atoms with Crippen molar-refractivity contribution < 1.29 is 11.9 Å². The van der Waals surface area contributed by atoms with Crippen LogP contribution in [0.25, 0.3) is 0 Å². The van der Waals surface area contributed by atoms with E-state index in [-0.39, 0.29) is 11.2 Å². The van der Waals surface area contributed by atoms with Gasteiger partial charge in [-0.3, -0.25) is 4.90 Å². The maximum atomic E-state index is 14.2. The van der Waals surface area contributed by atoms with Crippen LogP contribution < -0.4 is 0 Å². The molecule has 0 unspecified atom stereocenters. The molecule has 0 aliphatic carbocycles. The van der Waals surface area contributed by atoms with Gasteiger partial charge in [-0.15, -0.1) is 0 Å². The van der Waals surface area contributed by atoms with E-state index < -0.39 is 6.50 Å². The lowest BCUT2D eigenvalue weighted by atomic mass is 9.86. The summed E-state index contributed by atoms with van der Waals surface area (Å²) in [5, 5.41) is 0. The molecule has 3 heteroatoms. The summed E-state index contributed by atoms with van der Waals surface area (Å²) in [5.74, 6) is -0.341.